The summed E-state index contributed by atoms with van der Waals surface area (Å²) >= 11 is 0. The Morgan fingerprint density at radius 2 is 2.05 bits per heavy atom. The van der Waals surface area contributed by atoms with Gasteiger partial charge in [0.2, 0.25) is 0 Å². The molecule has 114 valence electrons. The van der Waals surface area contributed by atoms with Crippen LogP contribution < -0.4 is 11.1 Å². The molecule has 0 aromatic carbocycles. The summed E-state index contributed by atoms with van der Waals surface area (Å²) in [5, 5.41) is 7.66. The van der Waals surface area contributed by atoms with Crippen LogP contribution in [-0.4, -0.2) is 35.0 Å². The van der Waals surface area contributed by atoms with Crippen molar-refractivity contribution >= 4 is 5.96 Å². The van der Waals surface area contributed by atoms with Crippen LogP contribution in [0.1, 0.15) is 37.7 Å². The lowest BCUT2D eigenvalue weighted by Gasteiger charge is -2.21. The van der Waals surface area contributed by atoms with Gasteiger partial charge in [0.15, 0.2) is 5.96 Å². The van der Waals surface area contributed by atoms with E-state index in [1.165, 1.54) is 0 Å². The van der Waals surface area contributed by atoms with Crippen LogP contribution in [0.2, 0.25) is 0 Å². The van der Waals surface area contributed by atoms with Crippen molar-refractivity contribution < 1.29 is 4.74 Å². The van der Waals surface area contributed by atoms with Crippen molar-refractivity contribution in [3.05, 3.63) is 17.0 Å². The molecule has 6 heteroatoms. The predicted molar refractivity (Wildman–Crippen MR) is 81.8 cm³/mol. The number of nitrogens with one attached hydrogen (secondary N) is 1. The summed E-state index contributed by atoms with van der Waals surface area (Å²) in [4.78, 5) is 4.39. The Labute approximate surface area is 121 Å². The van der Waals surface area contributed by atoms with Gasteiger partial charge in [-0.1, -0.05) is 0 Å². The van der Waals surface area contributed by atoms with E-state index in [-0.39, 0.29) is 5.54 Å². The van der Waals surface area contributed by atoms with Gasteiger partial charge in [-0.2, -0.15) is 5.10 Å². The molecule has 1 heterocycles. The van der Waals surface area contributed by atoms with Gasteiger partial charge >= 0.3 is 0 Å². The van der Waals surface area contributed by atoms with E-state index in [0.717, 1.165) is 23.5 Å². The van der Waals surface area contributed by atoms with Gasteiger partial charge in [0.25, 0.3) is 0 Å². The second kappa shape index (κ2) is 6.74. The maximum Gasteiger partial charge on any atom is 0.189 e. The summed E-state index contributed by atoms with van der Waals surface area (Å²) in [6.07, 6.45) is 0. The molecule has 0 aliphatic rings. The highest BCUT2D eigenvalue weighted by Gasteiger charge is 2.12. The van der Waals surface area contributed by atoms with Gasteiger partial charge < -0.3 is 15.8 Å². The predicted octanol–water partition coefficient (Wildman–Crippen LogP) is 1.35. The van der Waals surface area contributed by atoms with Gasteiger partial charge in [0.05, 0.1) is 25.4 Å². The fourth-order valence-corrected chi connectivity index (χ4v) is 1.95. The van der Waals surface area contributed by atoms with E-state index in [1.54, 1.807) is 7.11 Å². The molecular formula is C14H27N5O. The van der Waals surface area contributed by atoms with E-state index in [4.69, 9.17) is 10.5 Å². The van der Waals surface area contributed by atoms with E-state index < -0.39 is 0 Å². The molecule has 0 unspecified atom stereocenters. The maximum atomic E-state index is 5.89. The lowest BCUT2D eigenvalue weighted by Crippen LogP contribution is -2.45. The second-order valence-corrected chi connectivity index (χ2v) is 5.94. The Bertz CT molecular complexity index is 471. The van der Waals surface area contributed by atoms with Crippen molar-refractivity contribution in [3.63, 3.8) is 0 Å². The fourth-order valence-electron chi connectivity index (χ4n) is 1.95. The van der Waals surface area contributed by atoms with Gasteiger partial charge in [0.1, 0.15) is 0 Å². The van der Waals surface area contributed by atoms with Gasteiger partial charge in [-0.15, -0.1) is 0 Å². The number of nitrogens with two attached hydrogens (primary N) is 1. The molecule has 0 aliphatic carbocycles. The van der Waals surface area contributed by atoms with Crippen LogP contribution >= 0.6 is 0 Å². The molecule has 3 N–H and O–H groups in total. The first-order chi connectivity index (χ1) is 9.24. The number of aryl methyl sites for hydroxylation is 1. The third-order valence-corrected chi connectivity index (χ3v) is 2.95. The number of guanidine groups is 1. The number of nitrogens with zero attached hydrogens (tertiary/aromatic N) is 3. The van der Waals surface area contributed by atoms with Crippen LogP contribution in [-0.2, 0) is 17.8 Å². The molecule has 0 bridgehead atoms. The Morgan fingerprint density at radius 1 is 1.40 bits per heavy atom. The second-order valence-electron chi connectivity index (χ2n) is 5.94. The fraction of sp³-hybridized carbons (Fsp3) is 0.714. The average Bonchev–Trinajstić information content (AvgIpc) is 2.57. The van der Waals surface area contributed by atoms with Crippen molar-refractivity contribution in [1.82, 2.24) is 15.1 Å². The van der Waals surface area contributed by atoms with E-state index >= 15 is 0 Å². The third kappa shape index (κ3) is 4.85. The Kier molecular flexibility index (Phi) is 5.56. The number of aliphatic imine (C=N–C) groups is 1. The first kappa shape index (κ1) is 16.5. The van der Waals surface area contributed by atoms with Gasteiger partial charge in [-0.25, -0.2) is 4.99 Å². The van der Waals surface area contributed by atoms with Crippen LogP contribution in [0, 0.1) is 13.8 Å². The zero-order valence-corrected chi connectivity index (χ0v) is 13.4. The third-order valence-electron chi connectivity index (χ3n) is 2.95. The van der Waals surface area contributed by atoms with E-state index in [2.05, 4.69) is 36.2 Å². The number of hydrogen-bond acceptors (Lipinski definition) is 3. The van der Waals surface area contributed by atoms with Gasteiger partial charge in [-0.05, 0) is 34.6 Å². The Hall–Kier alpha value is -1.56. The van der Waals surface area contributed by atoms with Crippen molar-refractivity contribution in [2.75, 3.05) is 13.7 Å². The first-order valence-corrected chi connectivity index (χ1v) is 6.84. The van der Waals surface area contributed by atoms with Gasteiger partial charge in [-0.3, -0.25) is 4.68 Å². The molecule has 6 nitrogen and oxygen atoms in total. The topological polar surface area (TPSA) is 77.5 Å². The monoisotopic (exact) mass is 281 g/mol. The molecule has 20 heavy (non-hydrogen) atoms. The molecule has 0 saturated carbocycles. The lowest BCUT2D eigenvalue weighted by molar-refractivity contribution is 0.182. The quantitative estimate of drug-likeness (QED) is 0.631. The molecule has 1 aromatic rings. The highest BCUT2D eigenvalue weighted by atomic mass is 16.5. The number of hydrogen-bond donors (Lipinski definition) is 2. The summed E-state index contributed by atoms with van der Waals surface area (Å²) in [7, 11) is 1.69. The van der Waals surface area contributed by atoms with Crippen molar-refractivity contribution in [2.45, 2.75) is 53.2 Å². The summed E-state index contributed by atoms with van der Waals surface area (Å²) < 4.78 is 7.04. The first-order valence-electron chi connectivity index (χ1n) is 6.84. The largest absolute Gasteiger partial charge is 0.383 e. The van der Waals surface area contributed by atoms with E-state index in [1.807, 2.05) is 18.5 Å². The minimum absolute atomic E-state index is 0.0830. The number of aromatic nitrogens is 2. The molecule has 0 amide bonds. The van der Waals surface area contributed by atoms with E-state index in [0.29, 0.717) is 19.1 Å². The van der Waals surface area contributed by atoms with Crippen LogP contribution in [0.25, 0.3) is 0 Å². The molecule has 0 saturated heterocycles. The zero-order chi connectivity index (χ0) is 15.3. The van der Waals surface area contributed by atoms with E-state index in [9.17, 15) is 0 Å². The molecule has 0 aliphatic heterocycles. The molecule has 1 aromatic heterocycles. The van der Waals surface area contributed by atoms with Crippen LogP contribution in [0.5, 0.6) is 0 Å². The summed E-state index contributed by atoms with van der Waals surface area (Å²) in [6, 6.07) is 0. The number of methoxy groups -OCH3 is 1. The van der Waals surface area contributed by atoms with Gasteiger partial charge in [0, 0.05) is 23.9 Å². The smallest absolute Gasteiger partial charge is 0.189 e. The minimum atomic E-state index is -0.0830. The molecule has 0 atom stereocenters. The average molecular weight is 281 g/mol. The highest BCUT2D eigenvalue weighted by molar-refractivity contribution is 5.78. The number of ether oxygens (including phenoxy) is 1. The van der Waals surface area contributed by atoms with Crippen LogP contribution in [0.3, 0.4) is 0 Å². The lowest BCUT2D eigenvalue weighted by atomic mass is 10.1. The Balaban J connectivity index is 2.77. The normalized spacial score (nSPS) is 12.8. The molecule has 1 rings (SSSR count). The SMILES string of the molecule is COCCn1nc(C)c(CN=C(N)NC(C)(C)C)c1C. The van der Waals surface area contributed by atoms with Crippen molar-refractivity contribution in [3.8, 4) is 0 Å². The number of rotatable bonds is 5. The molecule has 0 radical (unpaired) electrons. The summed E-state index contributed by atoms with van der Waals surface area (Å²) in [6.45, 7) is 12.1. The minimum Gasteiger partial charge on any atom is -0.383 e. The Morgan fingerprint density at radius 3 is 2.60 bits per heavy atom. The standard InChI is InChI=1S/C14H27N5O/c1-10-12(9-16-13(15)17-14(3,4)5)11(2)19(18-10)7-8-20-6/h7-9H2,1-6H3,(H3,15,16,17). The van der Waals surface area contributed by atoms with Crippen LogP contribution in [0.4, 0.5) is 0 Å². The molecule has 0 fully saturated rings. The summed E-state index contributed by atoms with van der Waals surface area (Å²) in [5.74, 6) is 0.459. The zero-order valence-electron chi connectivity index (χ0n) is 13.4. The summed E-state index contributed by atoms with van der Waals surface area (Å²) in [5.41, 5.74) is 9.04. The van der Waals surface area contributed by atoms with Crippen LogP contribution in [0.15, 0.2) is 4.99 Å². The molecular weight excluding hydrogens is 254 g/mol. The molecule has 0 spiro atoms. The van der Waals surface area contributed by atoms with Crippen molar-refractivity contribution in [1.29, 1.82) is 0 Å². The highest BCUT2D eigenvalue weighted by Crippen LogP contribution is 2.14. The van der Waals surface area contributed by atoms with Crippen molar-refractivity contribution in [2.24, 2.45) is 10.7 Å². The maximum absolute atomic E-state index is 5.89.